The molecule has 0 radical (unpaired) electrons. The maximum atomic E-state index is 15.2. The maximum absolute atomic E-state index is 15.2. The van der Waals surface area contributed by atoms with Crippen molar-refractivity contribution >= 4 is 52.2 Å². The van der Waals surface area contributed by atoms with E-state index in [4.69, 9.17) is 12.2 Å². The molecule has 0 atom stereocenters. The van der Waals surface area contributed by atoms with Gasteiger partial charge in [0.25, 0.3) is 11.8 Å². The number of rotatable bonds is 3. The summed E-state index contributed by atoms with van der Waals surface area (Å²) in [5, 5.41) is 2.53. The Bertz CT molecular complexity index is 1200. The van der Waals surface area contributed by atoms with Gasteiger partial charge in [0.1, 0.15) is 11.4 Å². The first-order valence-corrected chi connectivity index (χ1v) is 10.8. The largest absolute Gasteiger partial charge is 0.363 e. The number of allylic oxidation sites excluding steroid dienone is 1. The van der Waals surface area contributed by atoms with Gasteiger partial charge in [0.2, 0.25) is 0 Å². The summed E-state index contributed by atoms with van der Waals surface area (Å²) in [5.74, 6) is -1.74. The number of benzene rings is 2. The van der Waals surface area contributed by atoms with Gasteiger partial charge in [-0.2, -0.15) is 0 Å². The summed E-state index contributed by atoms with van der Waals surface area (Å²) in [4.78, 5) is 29.1. The number of carbonyl (C=O) groups is 2. The SMILES string of the molecule is CCN1c2cc(F)c(/C=C3/C(=O)NC(=S)N(c4ccccc4)C3=O)cc2C(C)=CC1(C)C. The zero-order chi connectivity index (χ0) is 23.2. The Labute approximate surface area is 192 Å². The Morgan fingerprint density at radius 1 is 1.16 bits per heavy atom. The third-order valence-corrected chi connectivity index (χ3v) is 6.11. The van der Waals surface area contributed by atoms with Gasteiger partial charge >= 0.3 is 0 Å². The van der Waals surface area contributed by atoms with Crippen molar-refractivity contribution in [3.63, 3.8) is 0 Å². The summed E-state index contributed by atoms with van der Waals surface area (Å²) >= 11 is 5.21. The van der Waals surface area contributed by atoms with Crippen LogP contribution in [0.4, 0.5) is 15.8 Å². The highest BCUT2D eigenvalue weighted by atomic mass is 32.1. The lowest BCUT2D eigenvalue weighted by atomic mass is 9.87. The zero-order valence-electron chi connectivity index (χ0n) is 18.4. The van der Waals surface area contributed by atoms with Crippen LogP contribution in [0, 0.1) is 5.82 Å². The fraction of sp³-hybridized carbons (Fsp3) is 0.240. The van der Waals surface area contributed by atoms with Crippen molar-refractivity contribution in [2.45, 2.75) is 33.2 Å². The molecule has 32 heavy (non-hydrogen) atoms. The Kier molecular flexibility index (Phi) is 5.46. The first-order chi connectivity index (χ1) is 15.1. The third-order valence-electron chi connectivity index (χ3n) is 5.83. The Morgan fingerprint density at radius 3 is 2.50 bits per heavy atom. The monoisotopic (exact) mass is 449 g/mol. The summed E-state index contributed by atoms with van der Waals surface area (Å²) in [6.45, 7) is 8.90. The predicted molar refractivity (Wildman–Crippen MR) is 130 cm³/mol. The molecule has 4 rings (SSSR count). The van der Waals surface area contributed by atoms with E-state index in [-0.39, 0.29) is 21.8 Å². The summed E-state index contributed by atoms with van der Waals surface area (Å²) in [6.07, 6.45) is 3.44. The lowest BCUT2D eigenvalue weighted by Gasteiger charge is -2.43. The van der Waals surface area contributed by atoms with Crippen LogP contribution in [0.1, 0.15) is 38.8 Å². The number of carbonyl (C=O) groups excluding carboxylic acids is 2. The Balaban J connectivity index is 1.80. The van der Waals surface area contributed by atoms with Crippen LogP contribution in [0.2, 0.25) is 0 Å². The molecule has 5 nitrogen and oxygen atoms in total. The number of hydrogen-bond acceptors (Lipinski definition) is 4. The van der Waals surface area contributed by atoms with Crippen LogP contribution in [-0.4, -0.2) is 29.0 Å². The molecule has 1 fully saturated rings. The number of amides is 2. The molecular weight excluding hydrogens is 425 g/mol. The van der Waals surface area contributed by atoms with E-state index in [9.17, 15) is 9.59 Å². The molecule has 2 aliphatic rings. The highest BCUT2D eigenvalue weighted by Crippen LogP contribution is 2.40. The van der Waals surface area contributed by atoms with Crippen LogP contribution in [0.15, 0.2) is 54.1 Å². The Hall–Kier alpha value is -3.32. The number of fused-ring (bicyclic) bond motifs is 1. The average molecular weight is 450 g/mol. The van der Waals surface area contributed by atoms with Gasteiger partial charge in [-0.1, -0.05) is 24.3 Å². The lowest BCUT2D eigenvalue weighted by molar-refractivity contribution is -0.122. The molecule has 2 heterocycles. The number of likely N-dealkylation sites (N-methyl/N-ethyl adjacent to an activating group) is 1. The standard InChI is InChI=1S/C25H24FN3O2S/c1-5-28-21-13-20(26)16(11-18(21)15(2)14-25(28,3)4)12-19-22(30)27-24(32)29(23(19)31)17-9-7-6-8-10-17/h6-14H,5H2,1-4H3,(H,27,30,32)/b19-12-. The first-order valence-electron chi connectivity index (χ1n) is 10.4. The predicted octanol–water partition coefficient (Wildman–Crippen LogP) is 4.68. The molecule has 0 unspecified atom stereocenters. The van der Waals surface area contributed by atoms with Crippen molar-refractivity contribution in [2.75, 3.05) is 16.3 Å². The van der Waals surface area contributed by atoms with Gasteiger partial charge in [0.15, 0.2) is 5.11 Å². The molecule has 2 aromatic carbocycles. The van der Waals surface area contributed by atoms with Gasteiger partial charge in [-0.15, -0.1) is 0 Å². The van der Waals surface area contributed by atoms with E-state index in [0.717, 1.165) is 16.8 Å². The molecule has 2 aromatic rings. The van der Waals surface area contributed by atoms with Crippen LogP contribution in [-0.2, 0) is 9.59 Å². The number of anilines is 2. The van der Waals surface area contributed by atoms with Crippen LogP contribution >= 0.6 is 12.2 Å². The second-order valence-corrected chi connectivity index (χ2v) is 8.80. The molecule has 2 aliphatic heterocycles. The van der Waals surface area contributed by atoms with Crippen LogP contribution in [0.25, 0.3) is 11.6 Å². The number of hydrogen-bond donors (Lipinski definition) is 1. The molecule has 0 saturated carbocycles. The molecular formula is C25H24FN3O2S. The van der Waals surface area contributed by atoms with E-state index in [1.54, 1.807) is 30.3 Å². The molecule has 1 N–H and O–H groups in total. The van der Waals surface area contributed by atoms with Crippen molar-refractivity contribution in [3.05, 3.63) is 71.1 Å². The molecule has 0 bridgehead atoms. The van der Waals surface area contributed by atoms with E-state index >= 15 is 4.39 Å². The minimum atomic E-state index is -0.645. The van der Waals surface area contributed by atoms with E-state index in [2.05, 4.69) is 30.1 Å². The number of nitrogens with one attached hydrogen (secondary N) is 1. The van der Waals surface area contributed by atoms with E-state index in [1.807, 2.05) is 19.9 Å². The molecule has 0 aliphatic carbocycles. The summed E-state index contributed by atoms with van der Waals surface area (Å²) in [6, 6.07) is 12.0. The van der Waals surface area contributed by atoms with Crippen LogP contribution in [0.3, 0.4) is 0 Å². The summed E-state index contributed by atoms with van der Waals surface area (Å²) in [7, 11) is 0. The van der Waals surface area contributed by atoms with Gasteiger partial charge < -0.3 is 4.90 Å². The molecule has 7 heteroatoms. The molecule has 164 valence electrons. The number of para-hydroxylation sites is 1. The lowest BCUT2D eigenvalue weighted by Crippen LogP contribution is -2.54. The quantitative estimate of drug-likeness (QED) is 0.420. The minimum Gasteiger partial charge on any atom is -0.363 e. The highest BCUT2D eigenvalue weighted by molar-refractivity contribution is 7.80. The van der Waals surface area contributed by atoms with E-state index in [0.29, 0.717) is 12.2 Å². The van der Waals surface area contributed by atoms with Gasteiger partial charge in [0, 0.05) is 23.4 Å². The minimum absolute atomic E-state index is 0.00569. The molecule has 0 spiro atoms. The third kappa shape index (κ3) is 3.62. The van der Waals surface area contributed by atoms with Crippen molar-refractivity contribution in [1.82, 2.24) is 5.32 Å². The van der Waals surface area contributed by atoms with Gasteiger partial charge in [0.05, 0.1) is 11.2 Å². The van der Waals surface area contributed by atoms with Crippen molar-refractivity contribution in [3.8, 4) is 0 Å². The van der Waals surface area contributed by atoms with E-state index < -0.39 is 17.6 Å². The van der Waals surface area contributed by atoms with E-state index in [1.165, 1.54) is 17.0 Å². The van der Waals surface area contributed by atoms with Crippen LogP contribution in [0.5, 0.6) is 0 Å². The maximum Gasteiger partial charge on any atom is 0.270 e. The summed E-state index contributed by atoms with van der Waals surface area (Å²) in [5.41, 5.74) is 2.96. The first kappa shape index (κ1) is 21.9. The topological polar surface area (TPSA) is 52.7 Å². The molecule has 0 aromatic heterocycles. The number of halogens is 1. The van der Waals surface area contributed by atoms with Gasteiger partial charge in [-0.25, -0.2) is 4.39 Å². The molecule has 1 saturated heterocycles. The second-order valence-electron chi connectivity index (χ2n) is 8.41. The fourth-order valence-electron chi connectivity index (χ4n) is 4.43. The Morgan fingerprint density at radius 2 is 1.84 bits per heavy atom. The van der Waals surface area contributed by atoms with Crippen molar-refractivity contribution in [2.24, 2.45) is 0 Å². The highest BCUT2D eigenvalue weighted by Gasteiger charge is 2.35. The zero-order valence-corrected chi connectivity index (χ0v) is 19.2. The van der Waals surface area contributed by atoms with Crippen molar-refractivity contribution < 1.29 is 14.0 Å². The van der Waals surface area contributed by atoms with Gasteiger partial charge in [-0.05, 0) is 75.8 Å². The number of nitrogens with zero attached hydrogens (tertiary/aromatic N) is 2. The van der Waals surface area contributed by atoms with Crippen LogP contribution < -0.4 is 15.1 Å². The normalized spacial score (nSPS) is 19.1. The van der Waals surface area contributed by atoms with Crippen molar-refractivity contribution in [1.29, 1.82) is 0 Å². The average Bonchev–Trinajstić information content (AvgIpc) is 2.72. The smallest absolute Gasteiger partial charge is 0.270 e. The second kappa shape index (κ2) is 7.98. The molecule has 2 amide bonds. The fourth-order valence-corrected chi connectivity index (χ4v) is 4.71. The number of thiocarbonyl (C=S) groups is 1. The summed E-state index contributed by atoms with van der Waals surface area (Å²) < 4.78 is 15.2. The van der Waals surface area contributed by atoms with Gasteiger partial charge in [-0.3, -0.25) is 19.8 Å².